The lowest BCUT2D eigenvalue weighted by Crippen LogP contribution is -2.57. The first-order valence-corrected chi connectivity index (χ1v) is 7.02. The third-order valence-corrected chi connectivity index (χ3v) is 6.40. The normalized spacial score (nSPS) is 58.7. The molecule has 0 radical (unpaired) electrons. The van der Waals surface area contributed by atoms with E-state index in [1.807, 2.05) is 0 Å². The predicted octanol–water partition coefficient (Wildman–Crippen LogP) is 3.61. The van der Waals surface area contributed by atoms with Crippen molar-refractivity contribution < 1.29 is 5.11 Å². The molecule has 1 nitrogen and oxygen atoms in total. The fourth-order valence-corrected chi connectivity index (χ4v) is 5.92. The highest BCUT2D eigenvalue weighted by atomic mass is 16.3. The maximum absolute atomic E-state index is 11.1. The van der Waals surface area contributed by atoms with Gasteiger partial charge in [-0.05, 0) is 60.7 Å². The summed E-state index contributed by atoms with van der Waals surface area (Å²) in [5, 5.41) is 11.1. The lowest BCUT2D eigenvalue weighted by atomic mass is 9.52. The minimum Gasteiger partial charge on any atom is -0.389 e. The zero-order valence-electron chi connectivity index (χ0n) is 11.2. The molecule has 4 bridgehead atoms. The van der Waals surface area contributed by atoms with Gasteiger partial charge in [-0.25, -0.2) is 0 Å². The first kappa shape index (κ1) is 11.1. The van der Waals surface area contributed by atoms with Gasteiger partial charge in [-0.15, -0.1) is 0 Å². The van der Waals surface area contributed by atoms with Crippen LogP contribution in [0.25, 0.3) is 0 Å². The van der Waals surface area contributed by atoms with Gasteiger partial charge in [0.2, 0.25) is 0 Å². The molecule has 3 aliphatic rings. The van der Waals surface area contributed by atoms with E-state index in [9.17, 15) is 5.11 Å². The van der Waals surface area contributed by atoms with Gasteiger partial charge in [-0.1, -0.05) is 27.7 Å². The van der Waals surface area contributed by atoms with Crippen LogP contribution in [0.3, 0.4) is 0 Å². The molecule has 0 aliphatic heterocycles. The minimum atomic E-state index is -0.345. The van der Waals surface area contributed by atoms with E-state index in [2.05, 4.69) is 27.7 Å². The van der Waals surface area contributed by atoms with Gasteiger partial charge in [-0.3, -0.25) is 0 Å². The molecule has 2 unspecified atom stereocenters. The van der Waals surface area contributed by atoms with Crippen LogP contribution < -0.4 is 0 Å². The predicted molar refractivity (Wildman–Crippen MR) is 66.1 cm³/mol. The summed E-state index contributed by atoms with van der Waals surface area (Å²) in [5.74, 6) is 1.86. The van der Waals surface area contributed by atoms with Gasteiger partial charge in [0.05, 0.1) is 5.60 Å². The van der Waals surface area contributed by atoms with E-state index < -0.39 is 0 Å². The smallest absolute Gasteiger partial charge is 0.0709 e. The van der Waals surface area contributed by atoms with Crippen molar-refractivity contribution in [2.75, 3.05) is 0 Å². The van der Waals surface area contributed by atoms with Crippen LogP contribution in [0.1, 0.15) is 59.8 Å². The second kappa shape index (κ2) is 2.85. The Labute approximate surface area is 99.6 Å². The zero-order valence-corrected chi connectivity index (χ0v) is 11.2. The van der Waals surface area contributed by atoms with E-state index in [4.69, 9.17) is 0 Å². The van der Waals surface area contributed by atoms with Crippen molar-refractivity contribution in [3.63, 3.8) is 0 Å². The van der Waals surface area contributed by atoms with Gasteiger partial charge in [0.25, 0.3) is 0 Å². The van der Waals surface area contributed by atoms with Crippen LogP contribution in [0.2, 0.25) is 0 Å². The van der Waals surface area contributed by atoms with Gasteiger partial charge in [0.1, 0.15) is 0 Å². The van der Waals surface area contributed by atoms with Crippen molar-refractivity contribution in [3.8, 4) is 0 Å². The highest BCUT2D eigenvalue weighted by molar-refractivity contribution is 5.16. The molecular formula is C15H26O. The van der Waals surface area contributed by atoms with Crippen molar-refractivity contribution in [1.29, 1.82) is 0 Å². The molecule has 5 atom stereocenters. The Morgan fingerprint density at radius 1 is 1.06 bits per heavy atom. The maximum Gasteiger partial charge on any atom is 0.0709 e. The monoisotopic (exact) mass is 222 g/mol. The molecule has 0 aromatic heterocycles. The molecular weight excluding hydrogens is 196 g/mol. The summed E-state index contributed by atoms with van der Waals surface area (Å²) in [5.41, 5.74) is 0.530. The molecule has 0 heterocycles. The average Bonchev–Trinajstić information content (AvgIpc) is 2.32. The largest absolute Gasteiger partial charge is 0.389 e. The van der Waals surface area contributed by atoms with E-state index >= 15 is 0 Å². The molecule has 92 valence electrons. The molecule has 0 spiro atoms. The Bertz CT molecular complexity index is 321. The summed E-state index contributed by atoms with van der Waals surface area (Å²) in [6.45, 7) is 9.54. The molecule has 16 heavy (non-hydrogen) atoms. The minimum absolute atomic E-state index is 0.345. The Hall–Kier alpha value is -0.0400. The van der Waals surface area contributed by atoms with Crippen LogP contribution >= 0.6 is 0 Å². The molecule has 0 saturated heterocycles. The first-order valence-electron chi connectivity index (χ1n) is 7.02. The van der Waals surface area contributed by atoms with E-state index in [1.54, 1.807) is 0 Å². The van der Waals surface area contributed by atoms with Gasteiger partial charge in [0.15, 0.2) is 0 Å². The van der Waals surface area contributed by atoms with Crippen LogP contribution in [0.5, 0.6) is 0 Å². The van der Waals surface area contributed by atoms with Gasteiger partial charge in [-0.2, -0.15) is 0 Å². The second-order valence-corrected chi connectivity index (χ2v) is 7.87. The van der Waals surface area contributed by atoms with E-state index in [1.165, 1.54) is 25.7 Å². The van der Waals surface area contributed by atoms with Crippen molar-refractivity contribution in [1.82, 2.24) is 0 Å². The fraction of sp³-hybridized carbons (Fsp3) is 1.00. The first-order chi connectivity index (χ1) is 7.30. The van der Waals surface area contributed by atoms with Gasteiger partial charge < -0.3 is 5.11 Å². The average molecular weight is 222 g/mol. The number of aliphatic hydroxyl groups is 1. The summed E-state index contributed by atoms with van der Waals surface area (Å²) in [6, 6.07) is 0. The maximum atomic E-state index is 11.1. The Morgan fingerprint density at radius 2 is 1.75 bits per heavy atom. The van der Waals surface area contributed by atoms with Crippen LogP contribution in [0.15, 0.2) is 0 Å². The SMILES string of the molecule is C[C@@H]1CCC2C3C(C)(C)C[C@]2(C)CC[C@]31O. The van der Waals surface area contributed by atoms with Crippen LogP contribution in [-0.4, -0.2) is 10.7 Å². The quantitative estimate of drug-likeness (QED) is 0.664. The molecule has 1 heteroatoms. The molecule has 0 amide bonds. The third kappa shape index (κ3) is 1.11. The van der Waals surface area contributed by atoms with Crippen molar-refractivity contribution in [3.05, 3.63) is 0 Å². The van der Waals surface area contributed by atoms with E-state index in [0.717, 1.165) is 12.3 Å². The van der Waals surface area contributed by atoms with Crippen LogP contribution in [-0.2, 0) is 0 Å². The summed E-state index contributed by atoms with van der Waals surface area (Å²) in [6.07, 6.45) is 6.22. The summed E-state index contributed by atoms with van der Waals surface area (Å²) in [7, 11) is 0. The standard InChI is InChI=1S/C15H26O/c1-10-5-6-11-12-13(2,3)9-14(11,4)7-8-15(10,12)16/h10-12,16H,5-9H2,1-4H3/t10-,11?,12?,14+,15-/m1/s1. The molecule has 3 fully saturated rings. The molecule has 3 aliphatic carbocycles. The van der Waals surface area contributed by atoms with Crippen molar-refractivity contribution in [2.24, 2.45) is 28.6 Å². The van der Waals surface area contributed by atoms with Gasteiger partial charge in [0, 0.05) is 0 Å². The molecule has 3 rings (SSSR count). The topological polar surface area (TPSA) is 20.2 Å². The van der Waals surface area contributed by atoms with Crippen molar-refractivity contribution >= 4 is 0 Å². The molecule has 3 saturated carbocycles. The number of hydrogen-bond donors (Lipinski definition) is 1. The summed E-state index contributed by atoms with van der Waals surface area (Å²) >= 11 is 0. The molecule has 1 N–H and O–H groups in total. The highest BCUT2D eigenvalue weighted by Crippen LogP contribution is 2.70. The lowest BCUT2D eigenvalue weighted by molar-refractivity contribution is -0.168. The van der Waals surface area contributed by atoms with Crippen LogP contribution in [0.4, 0.5) is 0 Å². The number of rotatable bonds is 0. The highest BCUT2D eigenvalue weighted by Gasteiger charge is 2.67. The Balaban J connectivity index is 2.10. The zero-order chi connectivity index (χ0) is 11.8. The summed E-state index contributed by atoms with van der Waals surface area (Å²) < 4.78 is 0. The van der Waals surface area contributed by atoms with Crippen molar-refractivity contribution in [2.45, 2.75) is 65.4 Å². The second-order valence-electron chi connectivity index (χ2n) is 7.87. The molecule has 0 aromatic carbocycles. The van der Waals surface area contributed by atoms with E-state index in [-0.39, 0.29) is 5.60 Å². The lowest BCUT2D eigenvalue weighted by Gasteiger charge is -2.56. The van der Waals surface area contributed by atoms with E-state index in [0.29, 0.717) is 22.7 Å². The Kier molecular flexibility index (Phi) is 1.98. The third-order valence-electron chi connectivity index (χ3n) is 6.40. The Morgan fingerprint density at radius 3 is 2.44 bits per heavy atom. The fourth-order valence-electron chi connectivity index (χ4n) is 5.92. The molecule has 0 aromatic rings. The van der Waals surface area contributed by atoms with Gasteiger partial charge >= 0.3 is 0 Å². The summed E-state index contributed by atoms with van der Waals surface area (Å²) in [4.78, 5) is 0. The number of hydrogen-bond acceptors (Lipinski definition) is 1. The van der Waals surface area contributed by atoms with Crippen LogP contribution in [0, 0.1) is 28.6 Å².